The maximum atomic E-state index is 5.62. The smallest absolute Gasteiger partial charge is 0.0161 e. The molecule has 0 aliphatic rings. The molecule has 0 saturated carbocycles. The van der Waals surface area contributed by atoms with Crippen LogP contribution in [0.25, 0.3) is 0 Å². The zero-order valence-corrected chi connectivity index (χ0v) is 7.01. The van der Waals surface area contributed by atoms with Crippen LogP contribution in [-0.4, -0.2) is 30.6 Å². The van der Waals surface area contributed by atoms with Crippen LogP contribution in [0.1, 0.15) is 13.8 Å². The highest BCUT2D eigenvalue weighted by molar-refractivity contribution is 4.74. The minimum Gasteiger partial charge on any atom is -0.327 e. The van der Waals surface area contributed by atoms with E-state index in [9.17, 15) is 0 Å². The second kappa shape index (κ2) is 5.45. The Hall–Kier alpha value is -0.340. The Bertz CT molecular complexity index is 89.3. The molecule has 0 fully saturated rings. The van der Waals surface area contributed by atoms with Crippen molar-refractivity contribution in [2.24, 2.45) is 5.73 Å². The van der Waals surface area contributed by atoms with Crippen molar-refractivity contribution in [2.75, 3.05) is 19.6 Å². The highest BCUT2D eigenvalue weighted by Crippen LogP contribution is 1.89. The molecule has 0 spiro atoms. The number of hydrogen-bond acceptors (Lipinski definition) is 2. The summed E-state index contributed by atoms with van der Waals surface area (Å²) in [7, 11) is 0. The molecule has 60 valence electrons. The number of nitrogens with two attached hydrogens (primary N) is 1. The van der Waals surface area contributed by atoms with Crippen molar-refractivity contribution >= 4 is 0 Å². The molecule has 1 unspecified atom stereocenters. The minimum atomic E-state index is 0.264. The summed E-state index contributed by atoms with van der Waals surface area (Å²) < 4.78 is 0. The van der Waals surface area contributed by atoms with E-state index < -0.39 is 0 Å². The van der Waals surface area contributed by atoms with E-state index >= 15 is 0 Å². The predicted molar refractivity (Wildman–Crippen MR) is 46.0 cm³/mol. The molecule has 0 aromatic rings. The lowest BCUT2D eigenvalue weighted by Gasteiger charge is -2.20. The van der Waals surface area contributed by atoms with E-state index in [0.29, 0.717) is 0 Å². The Morgan fingerprint density at radius 1 is 1.70 bits per heavy atom. The summed E-state index contributed by atoms with van der Waals surface area (Å²) in [5.74, 6) is 0. The van der Waals surface area contributed by atoms with Crippen molar-refractivity contribution in [3.05, 3.63) is 12.7 Å². The fourth-order valence-electron chi connectivity index (χ4n) is 0.923. The zero-order chi connectivity index (χ0) is 7.98. The fourth-order valence-corrected chi connectivity index (χ4v) is 0.923. The van der Waals surface area contributed by atoms with Crippen molar-refractivity contribution in [1.29, 1.82) is 0 Å². The van der Waals surface area contributed by atoms with Gasteiger partial charge in [0, 0.05) is 19.1 Å². The minimum absolute atomic E-state index is 0.264. The SMILES string of the molecule is C=CCN(CC)CC(C)N. The molecule has 0 radical (unpaired) electrons. The summed E-state index contributed by atoms with van der Waals surface area (Å²) in [6.45, 7) is 10.8. The first-order chi connectivity index (χ1) is 4.70. The lowest BCUT2D eigenvalue weighted by atomic mass is 10.3. The third kappa shape index (κ3) is 4.53. The van der Waals surface area contributed by atoms with Gasteiger partial charge in [-0.3, -0.25) is 4.90 Å². The van der Waals surface area contributed by atoms with Gasteiger partial charge in [0.2, 0.25) is 0 Å². The molecule has 0 rings (SSSR count). The fraction of sp³-hybridized carbons (Fsp3) is 0.750. The van der Waals surface area contributed by atoms with Crippen LogP contribution in [0.2, 0.25) is 0 Å². The number of hydrogen-bond donors (Lipinski definition) is 1. The summed E-state index contributed by atoms with van der Waals surface area (Å²) in [5.41, 5.74) is 5.62. The van der Waals surface area contributed by atoms with Gasteiger partial charge in [0.05, 0.1) is 0 Å². The van der Waals surface area contributed by atoms with Gasteiger partial charge in [-0.1, -0.05) is 13.0 Å². The van der Waals surface area contributed by atoms with Crippen LogP contribution in [0.5, 0.6) is 0 Å². The maximum Gasteiger partial charge on any atom is 0.0161 e. The quantitative estimate of drug-likeness (QED) is 0.576. The van der Waals surface area contributed by atoms with E-state index in [2.05, 4.69) is 18.4 Å². The summed E-state index contributed by atoms with van der Waals surface area (Å²) >= 11 is 0. The molecule has 0 aromatic carbocycles. The van der Waals surface area contributed by atoms with Gasteiger partial charge in [-0.15, -0.1) is 6.58 Å². The van der Waals surface area contributed by atoms with Gasteiger partial charge in [0.1, 0.15) is 0 Å². The molecule has 0 aliphatic carbocycles. The molecule has 0 aromatic heterocycles. The van der Waals surface area contributed by atoms with Crippen LogP contribution < -0.4 is 5.73 Å². The van der Waals surface area contributed by atoms with Crippen molar-refractivity contribution < 1.29 is 0 Å². The predicted octanol–water partition coefficient (Wildman–Crippen LogP) is 0.841. The van der Waals surface area contributed by atoms with E-state index in [4.69, 9.17) is 5.73 Å². The first-order valence-corrected chi connectivity index (χ1v) is 3.79. The first-order valence-electron chi connectivity index (χ1n) is 3.79. The van der Waals surface area contributed by atoms with Crippen LogP contribution in [0.4, 0.5) is 0 Å². The van der Waals surface area contributed by atoms with Crippen LogP contribution in [0, 0.1) is 0 Å². The Balaban J connectivity index is 3.48. The van der Waals surface area contributed by atoms with Gasteiger partial charge in [-0.25, -0.2) is 0 Å². The topological polar surface area (TPSA) is 29.3 Å². The average Bonchev–Trinajstić information content (AvgIpc) is 1.86. The zero-order valence-electron chi connectivity index (χ0n) is 7.01. The molecule has 0 bridgehead atoms. The summed E-state index contributed by atoms with van der Waals surface area (Å²) in [4.78, 5) is 2.26. The van der Waals surface area contributed by atoms with Crippen molar-refractivity contribution in [3.8, 4) is 0 Å². The van der Waals surface area contributed by atoms with E-state index in [0.717, 1.165) is 19.6 Å². The number of likely N-dealkylation sites (N-methyl/N-ethyl adjacent to an activating group) is 1. The molecular formula is C8H18N2. The first kappa shape index (κ1) is 9.66. The Morgan fingerprint density at radius 2 is 2.30 bits per heavy atom. The van der Waals surface area contributed by atoms with Gasteiger partial charge < -0.3 is 5.73 Å². The van der Waals surface area contributed by atoms with Crippen LogP contribution >= 0.6 is 0 Å². The highest BCUT2D eigenvalue weighted by atomic mass is 15.1. The van der Waals surface area contributed by atoms with Crippen molar-refractivity contribution in [2.45, 2.75) is 19.9 Å². The molecule has 2 N–H and O–H groups in total. The molecule has 0 aliphatic heterocycles. The molecule has 2 nitrogen and oxygen atoms in total. The monoisotopic (exact) mass is 142 g/mol. The molecule has 10 heavy (non-hydrogen) atoms. The van der Waals surface area contributed by atoms with E-state index in [-0.39, 0.29) is 6.04 Å². The van der Waals surface area contributed by atoms with Gasteiger partial charge >= 0.3 is 0 Å². The standard InChI is InChI=1S/C8H18N2/c1-4-6-10(5-2)7-8(3)9/h4,8H,1,5-7,9H2,2-3H3. The van der Waals surface area contributed by atoms with Crippen LogP contribution in [0.3, 0.4) is 0 Å². The largest absolute Gasteiger partial charge is 0.327 e. The maximum absolute atomic E-state index is 5.62. The number of rotatable bonds is 5. The summed E-state index contributed by atoms with van der Waals surface area (Å²) in [5, 5.41) is 0. The normalized spacial score (nSPS) is 13.6. The van der Waals surface area contributed by atoms with Gasteiger partial charge in [-0.2, -0.15) is 0 Å². The van der Waals surface area contributed by atoms with Gasteiger partial charge in [0.25, 0.3) is 0 Å². The summed E-state index contributed by atoms with van der Waals surface area (Å²) in [6.07, 6.45) is 1.91. The lowest BCUT2D eigenvalue weighted by molar-refractivity contribution is 0.303. The second-order valence-electron chi connectivity index (χ2n) is 2.62. The van der Waals surface area contributed by atoms with E-state index in [1.54, 1.807) is 0 Å². The van der Waals surface area contributed by atoms with Crippen LogP contribution in [0.15, 0.2) is 12.7 Å². The molecule has 0 heterocycles. The Morgan fingerprint density at radius 3 is 2.60 bits per heavy atom. The highest BCUT2D eigenvalue weighted by Gasteiger charge is 2.01. The Labute approximate surface area is 63.7 Å². The molecule has 0 saturated heterocycles. The second-order valence-corrected chi connectivity index (χ2v) is 2.62. The van der Waals surface area contributed by atoms with E-state index in [1.807, 2.05) is 13.0 Å². The number of nitrogens with zero attached hydrogens (tertiary/aromatic N) is 1. The Kier molecular flexibility index (Phi) is 5.26. The molecule has 1 atom stereocenters. The molecule has 2 heteroatoms. The van der Waals surface area contributed by atoms with Crippen molar-refractivity contribution in [3.63, 3.8) is 0 Å². The van der Waals surface area contributed by atoms with E-state index in [1.165, 1.54) is 0 Å². The summed E-state index contributed by atoms with van der Waals surface area (Å²) in [6, 6.07) is 0.264. The van der Waals surface area contributed by atoms with Crippen LogP contribution in [-0.2, 0) is 0 Å². The third-order valence-corrected chi connectivity index (χ3v) is 1.38. The lowest BCUT2D eigenvalue weighted by Crippen LogP contribution is -2.35. The van der Waals surface area contributed by atoms with Gasteiger partial charge in [0.15, 0.2) is 0 Å². The molecular weight excluding hydrogens is 124 g/mol. The molecule has 0 amide bonds. The third-order valence-electron chi connectivity index (χ3n) is 1.38. The average molecular weight is 142 g/mol. The van der Waals surface area contributed by atoms with Gasteiger partial charge in [-0.05, 0) is 13.5 Å². The van der Waals surface area contributed by atoms with Crippen molar-refractivity contribution in [1.82, 2.24) is 4.90 Å².